The van der Waals surface area contributed by atoms with Gasteiger partial charge in [0.2, 0.25) is 0 Å². The van der Waals surface area contributed by atoms with Crippen LogP contribution >= 0.6 is 0 Å². The largest absolute Gasteiger partial charge is 0.497 e. The lowest BCUT2D eigenvalue weighted by Crippen LogP contribution is -2.30. The maximum absolute atomic E-state index is 14.2. The Morgan fingerprint density at radius 2 is 1.67 bits per heavy atom. The summed E-state index contributed by atoms with van der Waals surface area (Å²) >= 11 is 0. The van der Waals surface area contributed by atoms with Crippen molar-refractivity contribution in [3.8, 4) is 28.4 Å². The molecule has 1 saturated heterocycles. The van der Waals surface area contributed by atoms with E-state index in [4.69, 9.17) is 9.47 Å². The zero-order valence-electron chi connectivity index (χ0n) is 20.5. The molecule has 1 fully saturated rings. The Hall–Kier alpha value is -3.49. The second-order valence-corrected chi connectivity index (χ2v) is 9.36. The van der Waals surface area contributed by atoms with E-state index in [9.17, 15) is 18.0 Å². The van der Waals surface area contributed by atoms with Crippen LogP contribution in [0, 0.1) is 0 Å². The number of methoxy groups -OCH3 is 2. The fourth-order valence-electron chi connectivity index (χ4n) is 5.34. The van der Waals surface area contributed by atoms with E-state index in [0.717, 1.165) is 42.1 Å². The predicted octanol–water partition coefficient (Wildman–Crippen LogP) is 5.41. The first-order chi connectivity index (χ1) is 17.2. The third-order valence-corrected chi connectivity index (χ3v) is 7.18. The summed E-state index contributed by atoms with van der Waals surface area (Å²) in [6, 6.07) is 9.43. The molecule has 0 amide bonds. The minimum absolute atomic E-state index is 0.207. The summed E-state index contributed by atoms with van der Waals surface area (Å²) in [6.07, 6.45) is -0.850. The van der Waals surface area contributed by atoms with E-state index < -0.39 is 17.3 Å². The lowest BCUT2D eigenvalue weighted by Gasteiger charge is -2.26. The van der Waals surface area contributed by atoms with Gasteiger partial charge in [0.25, 0.3) is 5.56 Å². The van der Waals surface area contributed by atoms with Gasteiger partial charge in [-0.3, -0.25) is 4.79 Å². The summed E-state index contributed by atoms with van der Waals surface area (Å²) < 4.78 is 54.2. The Morgan fingerprint density at radius 3 is 2.28 bits per heavy atom. The van der Waals surface area contributed by atoms with Crippen molar-refractivity contribution >= 4 is 5.69 Å². The predicted molar refractivity (Wildman–Crippen MR) is 131 cm³/mol. The molecule has 1 aliphatic heterocycles. The molecule has 5 rings (SSSR count). The van der Waals surface area contributed by atoms with Gasteiger partial charge in [-0.15, -0.1) is 0 Å². The third kappa shape index (κ3) is 4.20. The number of nitrogens with zero attached hydrogens (tertiary/aromatic N) is 3. The normalized spacial score (nSPS) is 17.4. The van der Waals surface area contributed by atoms with E-state index in [1.54, 1.807) is 18.2 Å². The number of aromatic nitrogens is 2. The van der Waals surface area contributed by atoms with Crippen molar-refractivity contribution in [1.82, 2.24) is 9.78 Å². The van der Waals surface area contributed by atoms with Gasteiger partial charge in [0, 0.05) is 35.5 Å². The number of hydrogen-bond donors (Lipinski definition) is 0. The Labute approximate surface area is 207 Å². The molecular formula is C27H28F3N3O3. The highest BCUT2D eigenvalue weighted by Gasteiger charge is 2.36. The van der Waals surface area contributed by atoms with Crippen molar-refractivity contribution in [2.24, 2.45) is 0 Å². The van der Waals surface area contributed by atoms with Crippen LogP contribution in [0.4, 0.5) is 18.9 Å². The summed E-state index contributed by atoms with van der Waals surface area (Å²) in [4.78, 5) is 15.6. The van der Waals surface area contributed by atoms with Gasteiger partial charge < -0.3 is 14.4 Å². The van der Waals surface area contributed by atoms with E-state index in [-0.39, 0.29) is 11.7 Å². The molecule has 190 valence electrons. The van der Waals surface area contributed by atoms with Crippen LogP contribution in [-0.2, 0) is 19.0 Å². The van der Waals surface area contributed by atoms with Gasteiger partial charge in [-0.25, -0.2) is 0 Å². The number of halogens is 3. The van der Waals surface area contributed by atoms with Gasteiger partial charge in [-0.2, -0.15) is 23.0 Å². The van der Waals surface area contributed by atoms with Crippen molar-refractivity contribution in [3.05, 3.63) is 63.4 Å². The van der Waals surface area contributed by atoms with Crippen molar-refractivity contribution in [3.63, 3.8) is 0 Å². The fraction of sp³-hybridized carbons (Fsp3) is 0.407. The second kappa shape index (κ2) is 9.19. The van der Waals surface area contributed by atoms with E-state index in [0.29, 0.717) is 46.8 Å². The Bertz CT molecular complexity index is 1340. The molecule has 9 heteroatoms. The Morgan fingerprint density at radius 1 is 0.972 bits per heavy atom. The summed E-state index contributed by atoms with van der Waals surface area (Å²) in [6.45, 7) is 2.81. The molecule has 1 aromatic heterocycles. The van der Waals surface area contributed by atoms with E-state index in [1.165, 1.54) is 26.4 Å². The topological polar surface area (TPSA) is 56.6 Å². The van der Waals surface area contributed by atoms with E-state index >= 15 is 0 Å². The summed E-state index contributed by atoms with van der Waals surface area (Å²) in [5.74, 6) is 1.05. The molecule has 2 aromatic carbocycles. The van der Waals surface area contributed by atoms with Crippen molar-refractivity contribution in [2.45, 2.75) is 51.2 Å². The molecule has 0 N–H and O–H groups in total. The third-order valence-electron chi connectivity index (χ3n) is 7.18. The second-order valence-electron chi connectivity index (χ2n) is 9.36. The first kappa shape index (κ1) is 24.2. The van der Waals surface area contributed by atoms with Gasteiger partial charge in [0.1, 0.15) is 11.5 Å². The zero-order valence-corrected chi connectivity index (χ0v) is 20.5. The number of alkyl halides is 3. The zero-order chi connectivity index (χ0) is 25.6. The molecule has 36 heavy (non-hydrogen) atoms. The molecule has 2 aliphatic rings. The molecule has 1 aliphatic carbocycles. The molecule has 6 nitrogen and oxygen atoms in total. The minimum atomic E-state index is -4.65. The highest BCUT2D eigenvalue weighted by atomic mass is 19.4. The molecule has 3 aromatic rings. The van der Waals surface area contributed by atoms with Crippen LogP contribution in [0.25, 0.3) is 16.9 Å². The quantitative estimate of drug-likeness (QED) is 0.470. The van der Waals surface area contributed by atoms with Crippen molar-refractivity contribution < 1.29 is 22.6 Å². The van der Waals surface area contributed by atoms with Crippen molar-refractivity contribution in [2.75, 3.05) is 25.7 Å². The van der Waals surface area contributed by atoms with E-state index in [1.807, 2.05) is 0 Å². The maximum Gasteiger partial charge on any atom is 0.418 e. The number of hydrogen-bond acceptors (Lipinski definition) is 5. The van der Waals surface area contributed by atoms with Crippen molar-refractivity contribution in [1.29, 1.82) is 0 Å². The van der Waals surface area contributed by atoms with Gasteiger partial charge in [-0.05, 0) is 74.9 Å². The molecular weight excluding hydrogens is 471 g/mol. The number of ether oxygens (including phenoxy) is 2. The molecule has 0 saturated carbocycles. The minimum Gasteiger partial charge on any atom is -0.497 e. The Kier molecular flexibility index (Phi) is 6.18. The maximum atomic E-state index is 14.2. The molecule has 2 heterocycles. The molecule has 1 unspecified atom stereocenters. The number of rotatable bonds is 5. The van der Waals surface area contributed by atoms with Crippen LogP contribution in [0.1, 0.15) is 42.9 Å². The van der Waals surface area contributed by atoms with Gasteiger partial charge in [-0.1, -0.05) is 0 Å². The first-order valence-corrected chi connectivity index (χ1v) is 12.1. The van der Waals surface area contributed by atoms with Crippen LogP contribution in [0.15, 0.2) is 41.2 Å². The molecule has 0 radical (unpaired) electrons. The number of anilines is 1. The summed E-state index contributed by atoms with van der Waals surface area (Å²) in [5.41, 5.74) is 1.37. The number of benzene rings is 2. The lowest BCUT2D eigenvalue weighted by atomic mass is 10.0. The average molecular weight is 500 g/mol. The number of fused-ring (bicyclic) bond motifs is 1. The highest BCUT2D eigenvalue weighted by molar-refractivity contribution is 5.69. The van der Waals surface area contributed by atoms with Gasteiger partial charge in [0.05, 0.1) is 31.2 Å². The fourth-order valence-corrected chi connectivity index (χ4v) is 5.34. The molecule has 1 atom stereocenters. The first-order valence-electron chi connectivity index (χ1n) is 12.1. The van der Waals surface area contributed by atoms with E-state index in [2.05, 4.69) is 16.9 Å². The Balaban J connectivity index is 1.77. The smallest absolute Gasteiger partial charge is 0.418 e. The lowest BCUT2D eigenvalue weighted by molar-refractivity contribution is -0.137. The van der Waals surface area contributed by atoms with Crippen LogP contribution < -0.4 is 19.9 Å². The standard InChI is InChI=1S/C27H28F3N3O3/c1-16-6-5-11-32(16)18-9-10-23(27(28,29)30)24(14-18)33-26(34)22-8-4-7-21(22)25(31-33)17-12-19(35-2)15-20(13-17)36-3/h9-10,12-16H,4-8,11H2,1-3H3. The van der Waals surface area contributed by atoms with Crippen LogP contribution in [0.5, 0.6) is 11.5 Å². The van der Waals surface area contributed by atoms with Gasteiger partial charge in [0.15, 0.2) is 0 Å². The SMILES string of the molecule is COc1cc(OC)cc(-c2nn(-c3cc(N4CCCC4C)ccc3C(F)(F)F)c(=O)c3c2CCC3)c1. The van der Waals surface area contributed by atoms with Gasteiger partial charge >= 0.3 is 6.18 Å². The average Bonchev–Trinajstić information content (AvgIpc) is 3.52. The van der Waals surface area contributed by atoms with Crippen LogP contribution in [0.2, 0.25) is 0 Å². The van der Waals surface area contributed by atoms with Crippen LogP contribution in [-0.4, -0.2) is 36.6 Å². The highest BCUT2D eigenvalue weighted by Crippen LogP contribution is 2.38. The monoisotopic (exact) mass is 499 g/mol. The summed E-state index contributed by atoms with van der Waals surface area (Å²) in [5, 5.41) is 4.57. The summed E-state index contributed by atoms with van der Waals surface area (Å²) in [7, 11) is 3.05. The van der Waals surface area contributed by atoms with Crippen LogP contribution in [0.3, 0.4) is 0 Å². The molecule has 0 spiro atoms. The molecule has 0 bridgehead atoms.